The van der Waals surface area contributed by atoms with E-state index in [0.29, 0.717) is 0 Å². The van der Waals surface area contributed by atoms with Gasteiger partial charge in [-0.05, 0) is 12.8 Å². The van der Waals surface area contributed by atoms with Gasteiger partial charge in [-0.1, -0.05) is 25.3 Å². The van der Waals surface area contributed by atoms with Gasteiger partial charge in [-0.2, -0.15) is 0 Å². The Hall–Kier alpha value is -0.630. The molecule has 1 N–H and O–H groups in total. The van der Waals surface area contributed by atoms with E-state index in [9.17, 15) is 5.11 Å². The molecule has 1 aliphatic heterocycles. The van der Waals surface area contributed by atoms with Gasteiger partial charge < -0.3 is 5.11 Å². The zero-order valence-electron chi connectivity index (χ0n) is 7.29. The fourth-order valence-corrected chi connectivity index (χ4v) is 2.10. The Bertz CT molecular complexity index is 224. The molecule has 0 atom stereocenters. The molecule has 0 spiro atoms. The van der Waals surface area contributed by atoms with Crippen molar-refractivity contribution in [1.29, 1.82) is 0 Å². The Kier molecular flexibility index (Phi) is 2.01. The fourth-order valence-electron chi connectivity index (χ4n) is 2.10. The Labute approximate surface area is 73.0 Å². The molecule has 2 aliphatic rings. The number of allylic oxidation sites excluding steroid dienone is 1. The zero-order chi connectivity index (χ0) is 8.44. The second-order valence-electron chi connectivity index (χ2n) is 3.76. The van der Waals surface area contributed by atoms with E-state index in [1.165, 1.54) is 6.42 Å². The van der Waals surface area contributed by atoms with E-state index in [4.69, 9.17) is 0 Å². The summed E-state index contributed by atoms with van der Waals surface area (Å²) in [6.07, 6.45) is 10.1. The minimum absolute atomic E-state index is 0.554. The zero-order valence-corrected chi connectivity index (χ0v) is 7.29. The maximum Gasteiger partial charge on any atom is 0.103 e. The van der Waals surface area contributed by atoms with E-state index in [-0.39, 0.29) is 0 Å². The Morgan fingerprint density at radius 3 is 2.58 bits per heavy atom. The van der Waals surface area contributed by atoms with Crippen LogP contribution in [0.15, 0.2) is 17.3 Å². The highest BCUT2D eigenvalue weighted by atomic mass is 16.3. The minimum Gasteiger partial charge on any atom is -0.384 e. The maximum absolute atomic E-state index is 10.2. The average molecular weight is 165 g/mol. The Balaban J connectivity index is 2.08. The Morgan fingerprint density at radius 2 is 2.00 bits per heavy atom. The lowest BCUT2D eigenvalue weighted by Gasteiger charge is -2.32. The molecule has 2 nitrogen and oxygen atoms in total. The summed E-state index contributed by atoms with van der Waals surface area (Å²) in [5.74, 6) is 0. The van der Waals surface area contributed by atoms with Crippen LogP contribution in [0.25, 0.3) is 0 Å². The molecular formula is C10H15NO. The topological polar surface area (TPSA) is 32.6 Å². The SMILES string of the molecule is OC1(C2=NC=CC2)CCCCC1. The maximum atomic E-state index is 10.2. The first kappa shape index (κ1) is 7.99. The smallest absolute Gasteiger partial charge is 0.103 e. The number of hydrogen-bond acceptors (Lipinski definition) is 2. The highest BCUT2D eigenvalue weighted by Gasteiger charge is 2.34. The van der Waals surface area contributed by atoms with Crippen molar-refractivity contribution < 1.29 is 5.11 Å². The fraction of sp³-hybridized carbons (Fsp3) is 0.700. The van der Waals surface area contributed by atoms with Crippen LogP contribution < -0.4 is 0 Å². The van der Waals surface area contributed by atoms with Gasteiger partial charge in [0.15, 0.2) is 0 Å². The van der Waals surface area contributed by atoms with Crippen LogP contribution in [0.5, 0.6) is 0 Å². The summed E-state index contributed by atoms with van der Waals surface area (Å²) in [7, 11) is 0. The van der Waals surface area contributed by atoms with Crippen LogP contribution in [0.2, 0.25) is 0 Å². The number of aliphatic hydroxyl groups is 1. The van der Waals surface area contributed by atoms with Crippen LogP contribution in [0.3, 0.4) is 0 Å². The number of hydrogen-bond donors (Lipinski definition) is 1. The van der Waals surface area contributed by atoms with Gasteiger partial charge in [-0.15, -0.1) is 0 Å². The summed E-state index contributed by atoms with van der Waals surface area (Å²) < 4.78 is 0. The van der Waals surface area contributed by atoms with E-state index < -0.39 is 5.60 Å². The molecule has 12 heavy (non-hydrogen) atoms. The van der Waals surface area contributed by atoms with Crippen LogP contribution in [-0.2, 0) is 0 Å². The van der Waals surface area contributed by atoms with Crippen molar-refractivity contribution in [3.05, 3.63) is 12.3 Å². The van der Waals surface area contributed by atoms with Gasteiger partial charge in [0, 0.05) is 12.6 Å². The molecule has 66 valence electrons. The van der Waals surface area contributed by atoms with Crippen molar-refractivity contribution in [3.8, 4) is 0 Å². The van der Waals surface area contributed by atoms with Gasteiger partial charge in [0.2, 0.25) is 0 Å². The van der Waals surface area contributed by atoms with E-state index >= 15 is 0 Å². The van der Waals surface area contributed by atoms with Crippen molar-refractivity contribution >= 4 is 5.71 Å². The first-order chi connectivity index (χ1) is 5.81. The summed E-state index contributed by atoms with van der Waals surface area (Å²) >= 11 is 0. The van der Waals surface area contributed by atoms with E-state index in [2.05, 4.69) is 4.99 Å². The summed E-state index contributed by atoms with van der Waals surface area (Å²) in [6.45, 7) is 0. The molecule has 1 saturated carbocycles. The molecule has 0 aromatic heterocycles. The van der Waals surface area contributed by atoms with Crippen molar-refractivity contribution in [1.82, 2.24) is 0 Å². The third-order valence-corrected chi connectivity index (χ3v) is 2.86. The van der Waals surface area contributed by atoms with Crippen LogP contribution in [0.4, 0.5) is 0 Å². The quantitative estimate of drug-likeness (QED) is 0.633. The van der Waals surface area contributed by atoms with Gasteiger partial charge in [-0.3, -0.25) is 4.99 Å². The molecule has 0 aromatic carbocycles. The van der Waals surface area contributed by atoms with E-state index in [1.54, 1.807) is 0 Å². The molecule has 2 rings (SSSR count). The van der Waals surface area contributed by atoms with Crippen molar-refractivity contribution in [3.63, 3.8) is 0 Å². The molecule has 0 aromatic rings. The van der Waals surface area contributed by atoms with Crippen LogP contribution >= 0.6 is 0 Å². The molecule has 1 aliphatic carbocycles. The van der Waals surface area contributed by atoms with Crippen molar-refractivity contribution in [2.24, 2.45) is 4.99 Å². The Morgan fingerprint density at radius 1 is 1.25 bits per heavy atom. The molecular weight excluding hydrogens is 150 g/mol. The number of aliphatic imine (C=N–C) groups is 1. The molecule has 0 saturated heterocycles. The van der Waals surface area contributed by atoms with Gasteiger partial charge >= 0.3 is 0 Å². The second kappa shape index (κ2) is 3.02. The first-order valence-corrected chi connectivity index (χ1v) is 4.76. The monoisotopic (exact) mass is 165 g/mol. The van der Waals surface area contributed by atoms with Crippen LogP contribution in [0.1, 0.15) is 38.5 Å². The minimum atomic E-state index is -0.554. The van der Waals surface area contributed by atoms with Crippen molar-refractivity contribution in [2.75, 3.05) is 0 Å². The number of nitrogens with zero attached hydrogens (tertiary/aromatic N) is 1. The molecule has 2 heteroatoms. The molecule has 0 radical (unpaired) electrons. The summed E-state index contributed by atoms with van der Waals surface area (Å²) in [5.41, 5.74) is 0.434. The second-order valence-corrected chi connectivity index (χ2v) is 3.76. The third kappa shape index (κ3) is 1.31. The molecule has 1 heterocycles. The molecule has 0 amide bonds. The summed E-state index contributed by atoms with van der Waals surface area (Å²) in [5, 5.41) is 10.2. The highest BCUT2D eigenvalue weighted by molar-refractivity contribution is 5.95. The lowest BCUT2D eigenvalue weighted by molar-refractivity contribution is 0.0698. The van der Waals surface area contributed by atoms with Gasteiger partial charge in [-0.25, -0.2) is 0 Å². The van der Waals surface area contributed by atoms with E-state index in [0.717, 1.165) is 37.8 Å². The summed E-state index contributed by atoms with van der Waals surface area (Å²) in [6, 6.07) is 0. The van der Waals surface area contributed by atoms with Gasteiger partial charge in [0.1, 0.15) is 5.60 Å². The highest BCUT2D eigenvalue weighted by Crippen LogP contribution is 2.31. The molecule has 0 bridgehead atoms. The lowest BCUT2D eigenvalue weighted by Crippen LogP contribution is -2.39. The van der Waals surface area contributed by atoms with Crippen LogP contribution in [0, 0.1) is 0 Å². The normalized spacial score (nSPS) is 27.2. The first-order valence-electron chi connectivity index (χ1n) is 4.76. The summed E-state index contributed by atoms with van der Waals surface area (Å²) in [4.78, 5) is 4.22. The third-order valence-electron chi connectivity index (χ3n) is 2.86. The van der Waals surface area contributed by atoms with Gasteiger partial charge in [0.05, 0.1) is 5.71 Å². The molecule has 0 unspecified atom stereocenters. The number of rotatable bonds is 1. The average Bonchev–Trinajstić information content (AvgIpc) is 2.58. The lowest BCUT2D eigenvalue weighted by atomic mass is 9.80. The van der Waals surface area contributed by atoms with Crippen molar-refractivity contribution in [2.45, 2.75) is 44.1 Å². The van der Waals surface area contributed by atoms with Crippen LogP contribution in [-0.4, -0.2) is 16.4 Å². The van der Waals surface area contributed by atoms with Gasteiger partial charge in [0.25, 0.3) is 0 Å². The largest absolute Gasteiger partial charge is 0.384 e. The predicted molar refractivity (Wildman–Crippen MR) is 49.2 cm³/mol. The predicted octanol–water partition coefficient (Wildman–Crippen LogP) is 2.04. The standard InChI is InChI=1S/C10H15NO/c12-10(6-2-1-3-7-10)9-5-4-8-11-9/h4,8,12H,1-3,5-7H2. The van der Waals surface area contributed by atoms with E-state index in [1.807, 2.05) is 12.3 Å². The molecule has 1 fully saturated rings.